The maximum Gasteiger partial charge on any atom is 0.273 e. The molecule has 3 heterocycles. The van der Waals surface area contributed by atoms with Crippen LogP contribution < -0.4 is 0 Å². The lowest BCUT2D eigenvalue weighted by atomic mass is 9.95. The molecule has 1 atom stereocenters. The summed E-state index contributed by atoms with van der Waals surface area (Å²) in [5, 5.41) is 18.3. The quantitative estimate of drug-likeness (QED) is 0.393. The summed E-state index contributed by atoms with van der Waals surface area (Å²) in [4.78, 5) is 20.6. The second-order valence-electron chi connectivity index (χ2n) is 7.49. The van der Waals surface area contributed by atoms with Gasteiger partial charge in [0, 0.05) is 40.0 Å². The molecule has 32 heavy (non-hydrogen) atoms. The molecule has 0 bridgehead atoms. The number of nitrogens with zero attached hydrogens (tertiary/aromatic N) is 3. The Bertz CT molecular complexity index is 1290. The number of carbonyl (C=O) groups excluding carboxylic acids is 1. The fourth-order valence-corrected chi connectivity index (χ4v) is 4.66. The molecule has 0 saturated carbocycles. The number of fused-ring (bicyclic) bond motifs is 1. The topological polar surface area (TPSA) is 82.1 Å². The van der Waals surface area contributed by atoms with E-state index in [2.05, 4.69) is 15.2 Å². The first-order valence-electron chi connectivity index (χ1n) is 9.98. The highest BCUT2D eigenvalue weighted by Gasteiger charge is 2.42. The van der Waals surface area contributed by atoms with E-state index in [0.29, 0.717) is 28.5 Å². The van der Waals surface area contributed by atoms with Crippen LogP contribution in [-0.4, -0.2) is 37.4 Å². The zero-order chi connectivity index (χ0) is 22.2. The molecule has 2 aromatic carbocycles. The molecule has 0 spiro atoms. The highest BCUT2D eigenvalue weighted by atomic mass is 35.5. The minimum atomic E-state index is -0.374. The van der Waals surface area contributed by atoms with E-state index in [9.17, 15) is 9.90 Å². The molecule has 1 aliphatic rings. The molecule has 0 saturated heterocycles. The maximum absolute atomic E-state index is 13.4. The summed E-state index contributed by atoms with van der Waals surface area (Å²) in [6, 6.07) is 16.4. The highest BCUT2D eigenvalue weighted by molar-refractivity contribution is 7.98. The zero-order valence-electron chi connectivity index (χ0n) is 17.1. The average Bonchev–Trinajstić information content (AvgIpc) is 3.35. The molecule has 1 unspecified atom stereocenters. The molecule has 1 aliphatic heterocycles. The van der Waals surface area contributed by atoms with Crippen LogP contribution in [0.15, 0.2) is 71.9 Å². The zero-order valence-corrected chi connectivity index (χ0v) is 18.7. The molecule has 0 radical (unpaired) electrons. The monoisotopic (exact) mass is 462 g/mol. The van der Waals surface area contributed by atoms with Gasteiger partial charge in [-0.15, -0.1) is 11.8 Å². The number of halogens is 1. The third-order valence-electron chi connectivity index (χ3n) is 5.58. The number of carbonyl (C=O) groups is 1. The summed E-state index contributed by atoms with van der Waals surface area (Å²) >= 11 is 7.86. The number of H-pyrrole nitrogens is 1. The molecular formula is C24H19ClN4O2S. The van der Waals surface area contributed by atoms with Crippen molar-refractivity contribution in [2.24, 2.45) is 0 Å². The number of hydrogen-bond donors (Lipinski definition) is 2. The number of rotatable bonds is 5. The molecular weight excluding hydrogens is 444 g/mol. The SMILES string of the molecule is CSc1ccc(C2c3c(-c4cc(Cl)ccc4O)n[nH]c3C(=O)N2Cc2cccnc2)cc1. The second-order valence-corrected chi connectivity index (χ2v) is 8.81. The molecule has 5 rings (SSSR count). The third-order valence-corrected chi connectivity index (χ3v) is 6.56. The van der Waals surface area contributed by atoms with Crippen molar-refractivity contribution in [1.29, 1.82) is 0 Å². The summed E-state index contributed by atoms with van der Waals surface area (Å²) in [5.74, 6) is -0.0959. The van der Waals surface area contributed by atoms with Gasteiger partial charge in [0.05, 0.1) is 6.04 Å². The number of thioether (sulfide) groups is 1. The van der Waals surface area contributed by atoms with Crippen LogP contribution in [0.2, 0.25) is 5.02 Å². The van der Waals surface area contributed by atoms with Crippen LogP contribution in [0.4, 0.5) is 0 Å². The third kappa shape index (κ3) is 3.53. The lowest BCUT2D eigenvalue weighted by Crippen LogP contribution is -2.29. The largest absolute Gasteiger partial charge is 0.507 e. The summed E-state index contributed by atoms with van der Waals surface area (Å²) in [7, 11) is 0. The number of hydrogen-bond acceptors (Lipinski definition) is 5. The van der Waals surface area contributed by atoms with Crippen LogP contribution in [0, 0.1) is 0 Å². The lowest BCUT2D eigenvalue weighted by molar-refractivity contribution is 0.0730. The summed E-state index contributed by atoms with van der Waals surface area (Å²) in [6.07, 6.45) is 5.49. The molecule has 6 nitrogen and oxygen atoms in total. The number of aromatic nitrogens is 3. The van der Waals surface area contributed by atoms with Crippen molar-refractivity contribution in [2.45, 2.75) is 17.5 Å². The minimum absolute atomic E-state index is 0.0540. The van der Waals surface area contributed by atoms with Crippen LogP contribution in [0.25, 0.3) is 11.3 Å². The van der Waals surface area contributed by atoms with E-state index < -0.39 is 0 Å². The predicted octanol–water partition coefficient (Wildman–Crippen LogP) is 5.30. The van der Waals surface area contributed by atoms with E-state index in [4.69, 9.17) is 11.6 Å². The van der Waals surface area contributed by atoms with Gasteiger partial charge in [-0.25, -0.2) is 0 Å². The van der Waals surface area contributed by atoms with Crippen molar-refractivity contribution < 1.29 is 9.90 Å². The van der Waals surface area contributed by atoms with E-state index >= 15 is 0 Å². The number of amides is 1. The smallest absolute Gasteiger partial charge is 0.273 e. The molecule has 8 heteroatoms. The molecule has 2 aromatic heterocycles. The van der Waals surface area contributed by atoms with Gasteiger partial charge in [-0.2, -0.15) is 5.10 Å². The van der Waals surface area contributed by atoms with Gasteiger partial charge >= 0.3 is 0 Å². The molecule has 2 N–H and O–H groups in total. The highest BCUT2D eigenvalue weighted by Crippen LogP contribution is 2.45. The van der Waals surface area contributed by atoms with Crippen molar-refractivity contribution in [3.05, 3.63) is 94.4 Å². The summed E-state index contributed by atoms with van der Waals surface area (Å²) in [5.41, 5.74) is 4.04. The standard InChI is InChI=1S/C24H19ClN4O2S/c1-32-17-7-4-15(5-8-17)23-20-21(18-11-16(25)6-9-19(18)30)27-28-22(20)24(31)29(23)13-14-3-2-10-26-12-14/h2-12,23,30H,13H2,1H3,(H,27,28). The number of aromatic amines is 1. The number of aromatic hydroxyl groups is 1. The Kier molecular flexibility index (Phi) is 5.36. The Morgan fingerprint density at radius 3 is 2.72 bits per heavy atom. The van der Waals surface area contributed by atoms with E-state index in [0.717, 1.165) is 21.6 Å². The van der Waals surface area contributed by atoms with Crippen molar-refractivity contribution >= 4 is 29.3 Å². The van der Waals surface area contributed by atoms with Crippen molar-refractivity contribution in [3.8, 4) is 17.0 Å². The van der Waals surface area contributed by atoms with Crippen LogP contribution in [0.1, 0.15) is 33.2 Å². The van der Waals surface area contributed by atoms with Gasteiger partial charge in [0.15, 0.2) is 0 Å². The molecule has 0 fully saturated rings. The van der Waals surface area contributed by atoms with Crippen molar-refractivity contribution in [2.75, 3.05) is 6.26 Å². The first-order valence-corrected chi connectivity index (χ1v) is 11.6. The number of nitrogens with one attached hydrogen (secondary N) is 1. The van der Waals surface area contributed by atoms with Gasteiger partial charge in [0.2, 0.25) is 0 Å². The van der Waals surface area contributed by atoms with Gasteiger partial charge in [0.1, 0.15) is 17.1 Å². The van der Waals surface area contributed by atoms with E-state index in [1.807, 2.05) is 42.7 Å². The maximum atomic E-state index is 13.4. The Hall–Kier alpha value is -3.29. The van der Waals surface area contributed by atoms with Crippen LogP contribution >= 0.6 is 23.4 Å². The van der Waals surface area contributed by atoms with Crippen LogP contribution in [-0.2, 0) is 6.54 Å². The average molecular weight is 463 g/mol. The Labute approximate surface area is 194 Å². The van der Waals surface area contributed by atoms with E-state index in [-0.39, 0.29) is 17.7 Å². The second kappa shape index (κ2) is 8.33. The van der Waals surface area contributed by atoms with Gasteiger partial charge in [-0.1, -0.05) is 29.8 Å². The van der Waals surface area contributed by atoms with Crippen LogP contribution in [0.3, 0.4) is 0 Å². The first kappa shape index (κ1) is 20.6. The Morgan fingerprint density at radius 2 is 2.00 bits per heavy atom. The van der Waals surface area contributed by atoms with E-state index in [1.54, 1.807) is 41.2 Å². The molecule has 160 valence electrons. The first-order chi connectivity index (χ1) is 15.6. The number of pyridine rings is 1. The van der Waals surface area contributed by atoms with Crippen molar-refractivity contribution in [3.63, 3.8) is 0 Å². The Balaban J connectivity index is 1.67. The summed E-state index contributed by atoms with van der Waals surface area (Å²) in [6.45, 7) is 0.394. The van der Waals surface area contributed by atoms with E-state index in [1.165, 1.54) is 6.07 Å². The number of phenols is 1. The number of benzene rings is 2. The molecule has 0 aliphatic carbocycles. The normalized spacial score (nSPS) is 15.2. The van der Waals surface area contributed by atoms with Crippen LogP contribution in [0.5, 0.6) is 5.75 Å². The molecule has 1 amide bonds. The fraction of sp³-hybridized carbons (Fsp3) is 0.125. The number of phenolic OH excluding ortho intramolecular Hbond substituents is 1. The fourth-order valence-electron chi connectivity index (χ4n) is 4.08. The van der Waals surface area contributed by atoms with Gasteiger partial charge in [-0.05, 0) is 53.8 Å². The Morgan fingerprint density at radius 1 is 1.19 bits per heavy atom. The van der Waals surface area contributed by atoms with Gasteiger partial charge in [0.25, 0.3) is 5.91 Å². The van der Waals surface area contributed by atoms with Gasteiger partial charge in [-0.3, -0.25) is 14.9 Å². The lowest BCUT2D eigenvalue weighted by Gasteiger charge is -2.26. The minimum Gasteiger partial charge on any atom is -0.507 e. The molecule has 4 aromatic rings. The summed E-state index contributed by atoms with van der Waals surface area (Å²) < 4.78 is 0. The van der Waals surface area contributed by atoms with Gasteiger partial charge < -0.3 is 10.0 Å². The predicted molar refractivity (Wildman–Crippen MR) is 125 cm³/mol. The van der Waals surface area contributed by atoms with Crippen molar-refractivity contribution in [1.82, 2.24) is 20.1 Å².